The number of nitrogens with zero attached hydrogens (tertiary/aromatic N) is 2. The van der Waals surface area contributed by atoms with E-state index in [1.54, 1.807) is 11.3 Å². The Hall–Kier alpha value is -2.11. The van der Waals surface area contributed by atoms with Crippen LogP contribution in [0.1, 0.15) is 25.7 Å². The van der Waals surface area contributed by atoms with Crippen LogP contribution in [0.4, 0.5) is 5.69 Å². The zero-order valence-electron chi connectivity index (χ0n) is 15.6. The Balaban J connectivity index is 0.00000192. The Kier molecular flexibility index (Phi) is 5.56. The summed E-state index contributed by atoms with van der Waals surface area (Å²) in [5.41, 5.74) is 4.48. The van der Waals surface area contributed by atoms with E-state index in [1.165, 1.54) is 10.4 Å². The maximum atomic E-state index is 12.4. The van der Waals surface area contributed by atoms with Gasteiger partial charge in [-0.2, -0.15) is 0 Å². The van der Waals surface area contributed by atoms with Crippen molar-refractivity contribution in [3.8, 4) is 11.3 Å². The molecule has 4 nitrogen and oxygen atoms in total. The quantitative estimate of drug-likeness (QED) is 0.662. The lowest BCUT2D eigenvalue weighted by molar-refractivity contribution is -0.125. The molecule has 1 aliphatic carbocycles. The lowest BCUT2D eigenvalue weighted by Gasteiger charge is -2.33. The van der Waals surface area contributed by atoms with Gasteiger partial charge in [-0.25, -0.2) is 4.98 Å². The van der Waals surface area contributed by atoms with Crippen LogP contribution in [0, 0.1) is 5.92 Å². The highest BCUT2D eigenvalue weighted by Crippen LogP contribution is 2.36. The minimum Gasteiger partial charge on any atom is -0.370 e. The number of pyridine rings is 1. The number of hydrogen-bond donors (Lipinski definition) is 1. The van der Waals surface area contributed by atoms with Crippen molar-refractivity contribution >= 4 is 45.6 Å². The van der Waals surface area contributed by atoms with Crippen molar-refractivity contribution in [3.63, 3.8) is 0 Å². The zero-order valence-corrected chi connectivity index (χ0v) is 17.3. The highest BCUT2D eigenvalue weighted by atomic mass is 35.5. The van der Waals surface area contributed by atoms with Gasteiger partial charge >= 0.3 is 0 Å². The van der Waals surface area contributed by atoms with Gasteiger partial charge in [0.05, 0.1) is 21.6 Å². The molecule has 146 valence electrons. The number of rotatable bonds is 4. The van der Waals surface area contributed by atoms with Gasteiger partial charge in [0, 0.05) is 30.6 Å². The molecule has 28 heavy (non-hydrogen) atoms. The fourth-order valence-corrected chi connectivity index (χ4v) is 4.74. The number of amides is 1. The van der Waals surface area contributed by atoms with Crippen molar-refractivity contribution in [1.82, 2.24) is 10.3 Å². The summed E-state index contributed by atoms with van der Waals surface area (Å²) < 4.78 is 1.25. The average molecular weight is 414 g/mol. The van der Waals surface area contributed by atoms with Crippen molar-refractivity contribution in [2.24, 2.45) is 5.92 Å². The largest absolute Gasteiger partial charge is 0.370 e. The summed E-state index contributed by atoms with van der Waals surface area (Å²) in [6.45, 7) is 1.85. The smallest absolute Gasteiger partial charge is 0.223 e. The molecule has 1 saturated heterocycles. The molecule has 2 aromatic heterocycles. The van der Waals surface area contributed by atoms with Crippen LogP contribution in [0.15, 0.2) is 47.8 Å². The maximum absolute atomic E-state index is 12.4. The highest BCUT2D eigenvalue weighted by Gasteiger charge is 2.30. The summed E-state index contributed by atoms with van der Waals surface area (Å²) >= 11 is 1.75. The zero-order chi connectivity index (χ0) is 18.2. The molecule has 3 aromatic rings. The summed E-state index contributed by atoms with van der Waals surface area (Å²) in [5, 5.41) is 5.29. The van der Waals surface area contributed by atoms with E-state index in [0.29, 0.717) is 6.04 Å². The summed E-state index contributed by atoms with van der Waals surface area (Å²) in [5.74, 6) is 0.425. The summed E-state index contributed by atoms with van der Waals surface area (Å²) in [6, 6.07) is 15.1. The van der Waals surface area contributed by atoms with Crippen molar-refractivity contribution in [2.45, 2.75) is 31.7 Å². The molecule has 1 aromatic carbocycles. The second-order valence-electron chi connectivity index (χ2n) is 7.57. The van der Waals surface area contributed by atoms with Crippen LogP contribution in [0.25, 0.3) is 21.5 Å². The first-order chi connectivity index (χ1) is 13.3. The van der Waals surface area contributed by atoms with E-state index in [1.807, 2.05) is 6.07 Å². The molecule has 1 N–H and O–H groups in total. The molecular weight excluding hydrogens is 390 g/mol. The SMILES string of the molecule is Cl.O=C(NC1CC1)C1CCN(c2cc(-c3ccccc3)nc3ccsc23)CC1. The van der Waals surface area contributed by atoms with Gasteiger partial charge < -0.3 is 10.2 Å². The number of nitrogens with one attached hydrogen (secondary N) is 1. The van der Waals surface area contributed by atoms with Crippen LogP contribution in [-0.4, -0.2) is 30.0 Å². The molecule has 0 atom stereocenters. The summed E-state index contributed by atoms with van der Waals surface area (Å²) in [6.07, 6.45) is 4.16. The lowest BCUT2D eigenvalue weighted by Crippen LogP contribution is -2.41. The Morgan fingerprint density at radius 2 is 1.82 bits per heavy atom. The molecule has 3 heterocycles. The predicted octanol–water partition coefficient (Wildman–Crippen LogP) is 4.88. The molecule has 0 unspecified atom stereocenters. The lowest BCUT2D eigenvalue weighted by atomic mass is 9.95. The fourth-order valence-electron chi connectivity index (χ4n) is 3.86. The van der Waals surface area contributed by atoms with Crippen LogP contribution < -0.4 is 10.2 Å². The van der Waals surface area contributed by atoms with Gasteiger partial charge in [0.2, 0.25) is 5.91 Å². The number of piperidine rings is 1. The molecular formula is C22H24ClN3OS. The van der Waals surface area contributed by atoms with E-state index in [0.717, 1.165) is 55.5 Å². The molecule has 0 radical (unpaired) electrons. The number of fused-ring (bicyclic) bond motifs is 1. The third kappa shape index (κ3) is 3.87. The molecule has 0 bridgehead atoms. The normalized spacial score (nSPS) is 17.4. The summed E-state index contributed by atoms with van der Waals surface area (Å²) in [4.78, 5) is 19.7. The topological polar surface area (TPSA) is 45.2 Å². The second-order valence-corrected chi connectivity index (χ2v) is 8.49. The monoisotopic (exact) mass is 413 g/mol. The van der Waals surface area contributed by atoms with E-state index in [2.05, 4.69) is 52.0 Å². The van der Waals surface area contributed by atoms with Gasteiger partial charge in [-0.1, -0.05) is 30.3 Å². The first kappa shape index (κ1) is 19.2. The van der Waals surface area contributed by atoms with Gasteiger partial charge in [0.25, 0.3) is 0 Å². The number of halogens is 1. The van der Waals surface area contributed by atoms with E-state index >= 15 is 0 Å². The average Bonchev–Trinajstić information content (AvgIpc) is 3.40. The van der Waals surface area contributed by atoms with Crippen LogP contribution in [-0.2, 0) is 4.79 Å². The Bertz CT molecular complexity index is 962. The number of hydrogen-bond acceptors (Lipinski definition) is 4. The fraction of sp³-hybridized carbons (Fsp3) is 0.364. The van der Waals surface area contributed by atoms with Crippen molar-refractivity contribution in [3.05, 3.63) is 47.8 Å². The van der Waals surface area contributed by atoms with Crippen molar-refractivity contribution in [2.75, 3.05) is 18.0 Å². The molecule has 6 heteroatoms. The van der Waals surface area contributed by atoms with E-state index in [-0.39, 0.29) is 24.2 Å². The van der Waals surface area contributed by atoms with Crippen LogP contribution in [0.3, 0.4) is 0 Å². The highest BCUT2D eigenvalue weighted by molar-refractivity contribution is 7.17. The third-order valence-corrected chi connectivity index (χ3v) is 6.52. The number of anilines is 1. The van der Waals surface area contributed by atoms with Crippen molar-refractivity contribution < 1.29 is 4.79 Å². The number of benzene rings is 1. The molecule has 1 aliphatic heterocycles. The minimum atomic E-state index is 0. The first-order valence-corrected chi connectivity index (χ1v) is 10.6. The molecule has 0 spiro atoms. The van der Waals surface area contributed by atoms with Crippen molar-refractivity contribution in [1.29, 1.82) is 0 Å². The standard InChI is InChI=1S/C22H23N3OS.ClH/c26-22(23-17-6-7-17)16-8-11-25(12-9-16)20-14-19(15-4-2-1-3-5-15)24-18-10-13-27-21(18)20;/h1-5,10,13-14,16-17H,6-9,11-12H2,(H,23,26);1H. The number of thiophene rings is 1. The Morgan fingerprint density at radius 3 is 2.54 bits per heavy atom. The van der Waals surface area contributed by atoms with Gasteiger partial charge in [-0.15, -0.1) is 23.7 Å². The Morgan fingerprint density at radius 1 is 1.07 bits per heavy atom. The third-order valence-electron chi connectivity index (χ3n) is 5.59. The van der Waals surface area contributed by atoms with Gasteiger partial charge in [-0.05, 0) is 43.2 Å². The van der Waals surface area contributed by atoms with Crippen LogP contribution >= 0.6 is 23.7 Å². The number of carbonyl (C=O) groups excluding carboxylic acids is 1. The van der Waals surface area contributed by atoms with Gasteiger partial charge in [0.1, 0.15) is 0 Å². The number of carbonyl (C=O) groups is 1. The predicted molar refractivity (Wildman–Crippen MR) is 118 cm³/mol. The second kappa shape index (κ2) is 8.10. The molecule has 2 aliphatic rings. The van der Waals surface area contributed by atoms with Gasteiger partial charge in [0.15, 0.2) is 0 Å². The number of aromatic nitrogens is 1. The van der Waals surface area contributed by atoms with E-state index in [4.69, 9.17) is 4.98 Å². The van der Waals surface area contributed by atoms with Gasteiger partial charge in [-0.3, -0.25) is 4.79 Å². The first-order valence-electron chi connectivity index (χ1n) is 9.77. The summed E-state index contributed by atoms with van der Waals surface area (Å²) in [7, 11) is 0. The van der Waals surface area contributed by atoms with Crippen LogP contribution in [0.5, 0.6) is 0 Å². The molecule has 2 fully saturated rings. The molecule has 1 saturated carbocycles. The van der Waals surface area contributed by atoms with E-state index < -0.39 is 0 Å². The molecule has 1 amide bonds. The van der Waals surface area contributed by atoms with E-state index in [9.17, 15) is 4.79 Å². The minimum absolute atomic E-state index is 0. The van der Waals surface area contributed by atoms with Crippen LogP contribution in [0.2, 0.25) is 0 Å². The molecule has 5 rings (SSSR count). The maximum Gasteiger partial charge on any atom is 0.223 e. The Labute approximate surface area is 175 Å².